The van der Waals surface area contributed by atoms with Gasteiger partial charge >= 0.3 is 6.09 Å². The number of carbonyl (C=O) groups excluding carboxylic acids is 3. The molecule has 1 aromatic heterocycles. The highest BCUT2D eigenvalue weighted by atomic mass is 16.4. The average molecular weight is 590 g/mol. The smallest absolute Gasteiger partial charge is 0.408 e. The van der Waals surface area contributed by atoms with Crippen LogP contribution in [0.25, 0.3) is 10.9 Å². The Hall–Kier alpha value is -4.34. The largest absolute Gasteiger partial charge is 0.465 e. The Balaban J connectivity index is 1.76. The first-order valence-corrected chi connectivity index (χ1v) is 14.9. The predicted molar refractivity (Wildman–Crippen MR) is 165 cm³/mol. The first-order chi connectivity index (χ1) is 20.4. The Labute approximate surface area is 252 Å². The van der Waals surface area contributed by atoms with Gasteiger partial charge in [-0.3, -0.25) is 19.3 Å². The van der Waals surface area contributed by atoms with E-state index in [4.69, 9.17) is 5.73 Å². The molecule has 10 heteroatoms. The summed E-state index contributed by atoms with van der Waals surface area (Å²) in [6.07, 6.45) is 0.215. The number of carbonyl (C=O) groups is 4. The van der Waals surface area contributed by atoms with Gasteiger partial charge in [0.05, 0.1) is 0 Å². The van der Waals surface area contributed by atoms with Gasteiger partial charge in [0.15, 0.2) is 0 Å². The number of nitrogens with zero attached hydrogens (tertiary/aromatic N) is 1. The third-order valence-corrected chi connectivity index (χ3v) is 8.80. The second-order valence-corrected chi connectivity index (χ2v) is 12.2. The van der Waals surface area contributed by atoms with Gasteiger partial charge in [-0.25, -0.2) is 4.79 Å². The SMILES string of the molecule is CC[C@H](C)[C@@H](C(=O)N[C@]1(C(=O)N[C@H](C(N)=O)C(C)C)CCc2[nH]c3c(C)cccc3c2C1)N(Cc1ccccc1)C(=O)O. The van der Waals surface area contributed by atoms with Crippen LogP contribution in [0.3, 0.4) is 0 Å². The zero-order valence-corrected chi connectivity index (χ0v) is 25.6. The second kappa shape index (κ2) is 12.9. The van der Waals surface area contributed by atoms with Gasteiger partial charge in [-0.2, -0.15) is 0 Å². The van der Waals surface area contributed by atoms with E-state index in [9.17, 15) is 24.3 Å². The summed E-state index contributed by atoms with van der Waals surface area (Å²) in [5.41, 5.74) is 8.91. The van der Waals surface area contributed by atoms with Crippen molar-refractivity contribution < 1.29 is 24.3 Å². The summed E-state index contributed by atoms with van der Waals surface area (Å²) >= 11 is 0. The molecule has 43 heavy (non-hydrogen) atoms. The standard InChI is InChI=1S/C33H43N5O5/c1-6-20(4)28(38(32(42)43)18-22-12-8-7-9-13-22)30(40)37-33(31(41)36-26(19(2)3)29(34)39)16-15-25-24(17-33)23-14-10-11-21(5)27(23)35-25/h7-14,19-20,26,28,35H,6,15-18H2,1-5H3,(H2,34,39)(H,36,41)(H,37,40)(H,42,43)/t20-,26-,28-,33+/m0/s1. The zero-order valence-electron chi connectivity index (χ0n) is 25.6. The van der Waals surface area contributed by atoms with Crippen LogP contribution in [0.4, 0.5) is 4.79 Å². The molecule has 230 valence electrons. The Morgan fingerprint density at radius 1 is 1.07 bits per heavy atom. The number of carboxylic acid groups (broad SMARTS) is 1. The Bertz CT molecular complexity index is 1500. The van der Waals surface area contributed by atoms with Gasteiger partial charge in [0.25, 0.3) is 0 Å². The zero-order chi connectivity index (χ0) is 31.5. The summed E-state index contributed by atoms with van der Waals surface area (Å²) in [7, 11) is 0. The summed E-state index contributed by atoms with van der Waals surface area (Å²) in [6, 6.07) is 13.1. The summed E-state index contributed by atoms with van der Waals surface area (Å²) in [6.45, 7) is 9.33. The number of aryl methyl sites for hydroxylation is 2. The van der Waals surface area contributed by atoms with E-state index in [1.54, 1.807) is 13.8 Å². The van der Waals surface area contributed by atoms with Crippen LogP contribution in [0.5, 0.6) is 0 Å². The Kier molecular flexibility index (Phi) is 9.47. The number of aromatic nitrogens is 1. The van der Waals surface area contributed by atoms with Crippen LogP contribution in [0, 0.1) is 18.8 Å². The molecule has 0 spiro atoms. The maximum absolute atomic E-state index is 14.3. The number of primary amides is 1. The minimum Gasteiger partial charge on any atom is -0.465 e. The molecule has 0 radical (unpaired) electrons. The molecular weight excluding hydrogens is 546 g/mol. The van der Waals surface area contributed by atoms with Crippen LogP contribution < -0.4 is 16.4 Å². The quantitative estimate of drug-likeness (QED) is 0.228. The minimum absolute atomic E-state index is 0.0147. The number of para-hydroxylation sites is 1. The van der Waals surface area contributed by atoms with Crippen molar-refractivity contribution in [2.24, 2.45) is 17.6 Å². The monoisotopic (exact) mass is 589 g/mol. The molecule has 4 rings (SSSR count). The molecule has 0 aliphatic heterocycles. The molecule has 2 aromatic carbocycles. The van der Waals surface area contributed by atoms with Crippen LogP contribution >= 0.6 is 0 Å². The molecule has 0 saturated carbocycles. The predicted octanol–water partition coefficient (Wildman–Crippen LogP) is 4.04. The van der Waals surface area contributed by atoms with E-state index in [2.05, 4.69) is 15.6 Å². The lowest BCUT2D eigenvalue weighted by molar-refractivity contribution is -0.139. The van der Waals surface area contributed by atoms with Crippen molar-refractivity contribution in [3.8, 4) is 0 Å². The highest BCUT2D eigenvalue weighted by Crippen LogP contribution is 2.36. The maximum Gasteiger partial charge on any atom is 0.408 e. The first-order valence-electron chi connectivity index (χ1n) is 14.9. The topological polar surface area (TPSA) is 158 Å². The fraction of sp³-hybridized carbons (Fsp3) is 0.455. The molecule has 3 aromatic rings. The summed E-state index contributed by atoms with van der Waals surface area (Å²) in [5.74, 6) is -2.35. The van der Waals surface area contributed by atoms with Crippen molar-refractivity contribution in [3.05, 3.63) is 70.9 Å². The number of H-pyrrole nitrogens is 1. The lowest BCUT2D eigenvalue weighted by atomic mass is 9.78. The van der Waals surface area contributed by atoms with E-state index in [-0.39, 0.29) is 31.2 Å². The molecule has 10 nitrogen and oxygen atoms in total. The lowest BCUT2D eigenvalue weighted by Gasteiger charge is -2.41. The van der Waals surface area contributed by atoms with Crippen molar-refractivity contribution in [1.82, 2.24) is 20.5 Å². The van der Waals surface area contributed by atoms with Crippen LogP contribution in [0.2, 0.25) is 0 Å². The van der Waals surface area contributed by atoms with Crippen LogP contribution in [-0.2, 0) is 33.8 Å². The average Bonchev–Trinajstić information content (AvgIpc) is 3.34. The number of benzene rings is 2. The molecule has 0 saturated heterocycles. The van der Waals surface area contributed by atoms with E-state index < -0.39 is 41.4 Å². The van der Waals surface area contributed by atoms with Crippen molar-refractivity contribution in [3.63, 3.8) is 0 Å². The van der Waals surface area contributed by atoms with Gasteiger partial charge in [-0.1, -0.05) is 82.6 Å². The molecule has 6 N–H and O–H groups in total. The third kappa shape index (κ3) is 6.53. The van der Waals surface area contributed by atoms with Gasteiger partial charge < -0.3 is 26.5 Å². The molecule has 0 unspecified atom stereocenters. The molecule has 0 fully saturated rings. The molecule has 1 aliphatic rings. The third-order valence-electron chi connectivity index (χ3n) is 8.80. The molecular formula is C33H43N5O5. The fourth-order valence-electron chi connectivity index (χ4n) is 6.13. The highest BCUT2D eigenvalue weighted by molar-refractivity contribution is 5.98. The van der Waals surface area contributed by atoms with Crippen molar-refractivity contribution >= 4 is 34.7 Å². The Morgan fingerprint density at radius 2 is 1.77 bits per heavy atom. The molecule has 4 amide bonds. The number of amides is 4. The van der Waals surface area contributed by atoms with Crippen molar-refractivity contribution in [2.75, 3.05) is 0 Å². The summed E-state index contributed by atoms with van der Waals surface area (Å²) in [4.78, 5) is 58.0. The van der Waals surface area contributed by atoms with Gasteiger partial charge in [0, 0.05) is 29.6 Å². The van der Waals surface area contributed by atoms with Crippen molar-refractivity contribution in [1.29, 1.82) is 0 Å². The summed E-state index contributed by atoms with van der Waals surface area (Å²) in [5, 5.41) is 17.1. The van der Waals surface area contributed by atoms with Gasteiger partial charge in [0.2, 0.25) is 17.7 Å². The number of nitrogens with two attached hydrogens (primary N) is 1. The molecule has 4 atom stereocenters. The van der Waals surface area contributed by atoms with Gasteiger partial charge in [-0.05, 0) is 48.3 Å². The van der Waals surface area contributed by atoms with E-state index in [1.807, 2.05) is 69.3 Å². The first kappa shape index (κ1) is 31.6. The van der Waals surface area contributed by atoms with E-state index in [1.165, 1.54) is 0 Å². The number of nitrogens with one attached hydrogen (secondary N) is 3. The van der Waals surface area contributed by atoms with Crippen LogP contribution in [0.1, 0.15) is 62.9 Å². The van der Waals surface area contributed by atoms with E-state index in [0.29, 0.717) is 12.8 Å². The molecule has 1 aliphatic carbocycles. The second-order valence-electron chi connectivity index (χ2n) is 12.2. The summed E-state index contributed by atoms with van der Waals surface area (Å²) < 4.78 is 0. The fourth-order valence-corrected chi connectivity index (χ4v) is 6.13. The molecule has 0 bridgehead atoms. The number of aromatic amines is 1. The maximum atomic E-state index is 14.3. The van der Waals surface area contributed by atoms with E-state index in [0.717, 1.165) is 38.2 Å². The number of rotatable bonds is 11. The lowest BCUT2D eigenvalue weighted by Crippen LogP contribution is -2.67. The molecule has 1 heterocycles. The number of hydrogen-bond acceptors (Lipinski definition) is 4. The van der Waals surface area contributed by atoms with Crippen LogP contribution in [-0.4, -0.2) is 56.4 Å². The minimum atomic E-state index is -1.44. The van der Waals surface area contributed by atoms with Crippen LogP contribution in [0.15, 0.2) is 48.5 Å². The number of hydrogen-bond donors (Lipinski definition) is 5. The van der Waals surface area contributed by atoms with Gasteiger partial charge in [0.1, 0.15) is 17.6 Å². The highest BCUT2D eigenvalue weighted by Gasteiger charge is 2.47. The van der Waals surface area contributed by atoms with Crippen molar-refractivity contribution in [2.45, 2.75) is 84.5 Å². The normalized spacial score (nSPS) is 18.4. The van der Waals surface area contributed by atoms with Gasteiger partial charge in [-0.15, -0.1) is 0 Å². The Morgan fingerprint density at radius 3 is 2.37 bits per heavy atom. The van der Waals surface area contributed by atoms with E-state index >= 15 is 0 Å². The number of fused-ring (bicyclic) bond motifs is 3.